The molecule has 0 aromatic carbocycles. The minimum Gasteiger partial charge on any atom is -0.461 e. The van der Waals surface area contributed by atoms with Gasteiger partial charge in [0.05, 0.1) is 16.8 Å². The molecule has 0 aliphatic rings. The summed E-state index contributed by atoms with van der Waals surface area (Å²) in [4.78, 5) is 33.7. The van der Waals surface area contributed by atoms with Crippen molar-refractivity contribution in [2.45, 2.75) is 20.8 Å². The molecule has 0 atom stereocenters. The highest BCUT2D eigenvalue weighted by Gasteiger charge is 2.19. The second kappa shape index (κ2) is 7.02. The first-order valence-corrected chi connectivity index (χ1v) is 8.63. The number of hydrogen-bond acceptors (Lipinski definition) is 6. The van der Waals surface area contributed by atoms with E-state index in [-0.39, 0.29) is 11.8 Å². The number of furan rings is 1. The Morgan fingerprint density at radius 1 is 1.20 bits per heavy atom. The van der Waals surface area contributed by atoms with Gasteiger partial charge in [0, 0.05) is 25.4 Å². The SMILES string of the molecule is CC(=O)NCCNC(=O)c1sc2nc(-c3ccco3)nc(C)c2c1C. The first kappa shape index (κ1) is 17.1. The topological polar surface area (TPSA) is 97.1 Å². The molecule has 0 bridgehead atoms. The maximum atomic E-state index is 12.4. The standard InChI is InChI=1S/C17H18N4O3S/c1-9-13-10(2)20-15(12-5-4-8-24-12)21-17(13)25-14(9)16(23)19-7-6-18-11(3)22/h4-5,8H,6-7H2,1-3H3,(H,18,22)(H,19,23). The molecule has 0 aliphatic heterocycles. The summed E-state index contributed by atoms with van der Waals surface area (Å²) in [6, 6.07) is 3.59. The van der Waals surface area contributed by atoms with Gasteiger partial charge in [0.25, 0.3) is 5.91 Å². The van der Waals surface area contributed by atoms with Crippen LogP contribution in [0.1, 0.15) is 27.9 Å². The zero-order valence-electron chi connectivity index (χ0n) is 14.2. The summed E-state index contributed by atoms with van der Waals surface area (Å²) >= 11 is 1.33. The van der Waals surface area contributed by atoms with Crippen molar-refractivity contribution in [3.8, 4) is 11.6 Å². The summed E-state index contributed by atoms with van der Waals surface area (Å²) in [6.07, 6.45) is 1.58. The molecule has 0 radical (unpaired) electrons. The predicted octanol–water partition coefficient (Wildman–Crippen LogP) is 2.43. The fourth-order valence-corrected chi connectivity index (χ4v) is 3.71. The van der Waals surface area contributed by atoms with E-state index in [1.807, 2.05) is 13.8 Å². The molecule has 2 N–H and O–H groups in total. The van der Waals surface area contributed by atoms with E-state index in [0.717, 1.165) is 21.5 Å². The van der Waals surface area contributed by atoms with Crippen LogP contribution in [0.2, 0.25) is 0 Å². The van der Waals surface area contributed by atoms with Gasteiger partial charge in [-0.3, -0.25) is 9.59 Å². The average Bonchev–Trinajstić information content (AvgIpc) is 3.19. The molecule has 0 saturated heterocycles. The van der Waals surface area contributed by atoms with E-state index >= 15 is 0 Å². The fourth-order valence-electron chi connectivity index (χ4n) is 2.57. The van der Waals surface area contributed by atoms with Crippen LogP contribution in [0.5, 0.6) is 0 Å². The predicted molar refractivity (Wildman–Crippen MR) is 95.6 cm³/mol. The molecule has 130 valence electrons. The first-order valence-electron chi connectivity index (χ1n) is 7.81. The number of fused-ring (bicyclic) bond motifs is 1. The quantitative estimate of drug-likeness (QED) is 0.683. The lowest BCUT2D eigenvalue weighted by atomic mass is 10.1. The van der Waals surface area contributed by atoms with E-state index < -0.39 is 0 Å². The maximum Gasteiger partial charge on any atom is 0.261 e. The highest BCUT2D eigenvalue weighted by atomic mass is 32.1. The van der Waals surface area contributed by atoms with E-state index in [1.165, 1.54) is 18.3 Å². The monoisotopic (exact) mass is 358 g/mol. The van der Waals surface area contributed by atoms with Crippen molar-refractivity contribution in [1.82, 2.24) is 20.6 Å². The van der Waals surface area contributed by atoms with Gasteiger partial charge >= 0.3 is 0 Å². The smallest absolute Gasteiger partial charge is 0.261 e. The zero-order chi connectivity index (χ0) is 18.0. The Labute approximate surface area is 148 Å². The number of carbonyl (C=O) groups excluding carboxylic acids is 2. The van der Waals surface area contributed by atoms with E-state index in [9.17, 15) is 9.59 Å². The Morgan fingerprint density at radius 3 is 2.64 bits per heavy atom. The summed E-state index contributed by atoms with van der Waals surface area (Å²) < 4.78 is 5.36. The average molecular weight is 358 g/mol. The molecule has 0 spiro atoms. The number of nitrogens with zero attached hydrogens (tertiary/aromatic N) is 2. The Morgan fingerprint density at radius 2 is 1.96 bits per heavy atom. The van der Waals surface area contributed by atoms with Gasteiger partial charge in [-0.25, -0.2) is 9.97 Å². The summed E-state index contributed by atoms with van der Waals surface area (Å²) in [5, 5.41) is 6.35. The Kier molecular flexibility index (Phi) is 4.80. The molecule has 8 heteroatoms. The highest BCUT2D eigenvalue weighted by Crippen LogP contribution is 2.32. The van der Waals surface area contributed by atoms with Crippen molar-refractivity contribution in [2.75, 3.05) is 13.1 Å². The number of rotatable bonds is 5. The molecule has 3 aromatic heterocycles. The summed E-state index contributed by atoms with van der Waals surface area (Å²) in [5.74, 6) is 0.805. The number of thiophene rings is 1. The second-order valence-corrected chi connectivity index (χ2v) is 6.58. The molecule has 0 unspecified atom stereocenters. The molecule has 2 amide bonds. The van der Waals surface area contributed by atoms with Gasteiger partial charge in [-0.15, -0.1) is 11.3 Å². The zero-order valence-corrected chi connectivity index (χ0v) is 15.0. The van der Waals surface area contributed by atoms with E-state index in [4.69, 9.17) is 4.42 Å². The van der Waals surface area contributed by atoms with Crippen LogP contribution in [-0.2, 0) is 4.79 Å². The lowest BCUT2D eigenvalue weighted by molar-refractivity contribution is -0.118. The summed E-state index contributed by atoms with van der Waals surface area (Å²) in [5.41, 5.74) is 1.67. The van der Waals surface area contributed by atoms with Gasteiger partial charge in [0.2, 0.25) is 5.91 Å². The third kappa shape index (κ3) is 3.53. The van der Waals surface area contributed by atoms with Gasteiger partial charge in [0.15, 0.2) is 11.6 Å². The number of aromatic nitrogens is 2. The molecule has 25 heavy (non-hydrogen) atoms. The Bertz CT molecular complexity index is 931. The molecule has 0 aliphatic carbocycles. The molecule has 3 aromatic rings. The molecule has 3 rings (SSSR count). The number of amides is 2. The van der Waals surface area contributed by atoms with Crippen LogP contribution in [0.25, 0.3) is 21.8 Å². The van der Waals surface area contributed by atoms with Crippen LogP contribution in [-0.4, -0.2) is 34.9 Å². The van der Waals surface area contributed by atoms with Crippen LogP contribution in [0.15, 0.2) is 22.8 Å². The highest BCUT2D eigenvalue weighted by molar-refractivity contribution is 7.20. The third-order valence-corrected chi connectivity index (χ3v) is 4.89. The minimum absolute atomic E-state index is 0.122. The lowest BCUT2D eigenvalue weighted by Gasteiger charge is -2.05. The lowest BCUT2D eigenvalue weighted by Crippen LogP contribution is -2.33. The van der Waals surface area contributed by atoms with Crippen LogP contribution < -0.4 is 10.6 Å². The van der Waals surface area contributed by atoms with Crippen molar-refractivity contribution in [1.29, 1.82) is 0 Å². The number of nitrogens with one attached hydrogen (secondary N) is 2. The van der Waals surface area contributed by atoms with Crippen molar-refractivity contribution in [2.24, 2.45) is 0 Å². The van der Waals surface area contributed by atoms with Crippen molar-refractivity contribution in [3.05, 3.63) is 34.5 Å². The van der Waals surface area contributed by atoms with Gasteiger partial charge in [0.1, 0.15) is 4.83 Å². The van der Waals surface area contributed by atoms with Gasteiger partial charge < -0.3 is 15.1 Å². The van der Waals surface area contributed by atoms with Crippen LogP contribution in [0, 0.1) is 13.8 Å². The molecule has 0 saturated carbocycles. The number of hydrogen-bond donors (Lipinski definition) is 2. The fraction of sp³-hybridized carbons (Fsp3) is 0.294. The number of aryl methyl sites for hydroxylation is 2. The summed E-state index contributed by atoms with van der Waals surface area (Å²) in [6.45, 7) is 6.00. The largest absolute Gasteiger partial charge is 0.461 e. The van der Waals surface area contributed by atoms with Crippen LogP contribution in [0.3, 0.4) is 0 Å². The van der Waals surface area contributed by atoms with Crippen LogP contribution in [0.4, 0.5) is 0 Å². The summed E-state index contributed by atoms with van der Waals surface area (Å²) in [7, 11) is 0. The minimum atomic E-state index is -0.176. The molecule has 3 heterocycles. The Hall–Kier alpha value is -2.74. The van der Waals surface area contributed by atoms with Crippen molar-refractivity contribution >= 4 is 33.4 Å². The van der Waals surface area contributed by atoms with Gasteiger partial charge in [-0.05, 0) is 31.5 Å². The van der Waals surface area contributed by atoms with E-state index in [0.29, 0.717) is 29.6 Å². The molecule has 0 fully saturated rings. The molecular formula is C17H18N4O3S. The van der Waals surface area contributed by atoms with E-state index in [1.54, 1.807) is 18.4 Å². The first-order chi connectivity index (χ1) is 12.0. The molecule has 7 nitrogen and oxygen atoms in total. The van der Waals surface area contributed by atoms with Crippen LogP contribution >= 0.6 is 11.3 Å². The van der Waals surface area contributed by atoms with Gasteiger partial charge in [-0.2, -0.15) is 0 Å². The third-order valence-electron chi connectivity index (χ3n) is 3.70. The second-order valence-electron chi connectivity index (χ2n) is 5.59. The maximum absolute atomic E-state index is 12.4. The molecular weight excluding hydrogens is 340 g/mol. The normalized spacial score (nSPS) is 10.8. The number of carbonyl (C=O) groups is 2. The van der Waals surface area contributed by atoms with Gasteiger partial charge in [-0.1, -0.05) is 0 Å². The van der Waals surface area contributed by atoms with Crippen molar-refractivity contribution in [3.63, 3.8) is 0 Å². The van der Waals surface area contributed by atoms with Crippen molar-refractivity contribution < 1.29 is 14.0 Å². The Balaban J connectivity index is 1.87. The van der Waals surface area contributed by atoms with E-state index in [2.05, 4.69) is 20.6 Å².